The molecule has 58 valence electrons. The number of hydrogen-bond acceptors (Lipinski definition) is 0. The van der Waals surface area contributed by atoms with Gasteiger partial charge < -0.3 is 0 Å². The van der Waals surface area contributed by atoms with Gasteiger partial charge in [-0.15, -0.1) is 33.2 Å². The van der Waals surface area contributed by atoms with Crippen LogP contribution >= 0.6 is 56.4 Å². The molecule has 1 aliphatic carbocycles. The highest BCUT2D eigenvalue weighted by Gasteiger charge is 2.47. The molecule has 10 heavy (non-hydrogen) atoms. The zero-order valence-corrected chi connectivity index (χ0v) is 9.45. The second-order valence-electron chi connectivity index (χ2n) is 2.09. The highest BCUT2D eigenvalue weighted by atomic mass is 35.8. The van der Waals surface area contributed by atoms with Crippen LogP contribution in [0.2, 0.25) is 0 Å². The monoisotopic (exact) mass is 254 g/mol. The van der Waals surface area contributed by atoms with Crippen molar-refractivity contribution in [2.24, 2.45) is 0 Å². The van der Waals surface area contributed by atoms with Gasteiger partial charge in [0.15, 0.2) is 0 Å². The van der Waals surface area contributed by atoms with Gasteiger partial charge in [-0.1, -0.05) is 23.2 Å². The van der Waals surface area contributed by atoms with E-state index in [1.165, 1.54) is 0 Å². The zero-order chi connectivity index (χ0) is 7.99. The summed E-state index contributed by atoms with van der Waals surface area (Å²) in [7, 11) is 0. The summed E-state index contributed by atoms with van der Waals surface area (Å²) in [5.74, 6) is 0. The summed E-state index contributed by atoms with van der Waals surface area (Å²) in [6.07, 6.45) is 0.622. The van der Waals surface area contributed by atoms with Crippen molar-refractivity contribution in [1.29, 1.82) is 0 Å². The number of rotatable bonds is 1. The summed E-state index contributed by atoms with van der Waals surface area (Å²) in [5.41, 5.74) is 2.42. The maximum absolute atomic E-state index is 5.66. The van der Waals surface area contributed by atoms with Crippen molar-refractivity contribution in [3.63, 3.8) is 0 Å². The van der Waals surface area contributed by atoms with E-state index in [1.807, 2.05) is 0 Å². The Morgan fingerprint density at radius 2 is 1.70 bits per heavy atom. The quantitative estimate of drug-likeness (QED) is 0.381. The maximum atomic E-state index is 5.66. The molecule has 0 spiro atoms. The summed E-state index contributed by atoms with van der Waals surface area (Å²) in [6, 6.07) is -2.66. The molecule has 0 aliphatic heterocycles. The molecule has 0 atom stereocenters. The van der Waals surface area contributed by atoms with Crippen molar-refractivity contribution in [2.75, 3.05) is 0 Å². The molecular formula is C4H3Cl5Si. The molecule has 6 heteroatoms. The molecule has 0 N–H and O–H groups in total. The van der Waals surface area contributed by atoms with Crippen LogP contribution in [0.4, 0.5) is 0 Å². The van der Waals surface area contributed by atoms with Crippen molar-refractivity contribution >= 4 is 62.4 Å². The Bertz CT molecular complexity index is 179. The number of halogens is 5. The molecule has 0 nitrogen and oxygen atoms in total. The molecule has 0 saturated heterocycles. The van der Waals surface area contributed by atoms with Gasteiger partial charge in [-0.3, -0.25) is 0 Å². The molecule has 1 aliphatic rings. The molecule has 0 bridgehead atoms. The Labute approximate surface area is 84.2 Å². The van der Waals surface area contributed by atoms with Gasteiger partial charge in [-0.05, 0) is 11.3 Å². The van der Waals surface area contributed by atoms with Gasteiger partial charge in [0, 0.05) is 6.42 Å². The molecule has 1 saturated carbocycles. The van der Waals surface area contributed by atoms with Crippen LogP contribution in [-0.4, -0.2) is 10.3 Å². The first-order chi connectivity index (χ1) is 4.31. The fourth-order valence-electron chi connectivity index (χ4n) is 0.549. The van der Waals surface area contributed by atoms with Gasteiger partial charge in [0.05, 0.1) is 0 Å². The van der Waals surface area contributed by atoms with Gasteiger partial charge in [-0.2, -0.15) is 0 Å². The lowest BCUT2D eigenvalue weighted by Crippen LogP contribution is -2.04. The van der Waals surface area contributed by atoms with Crippen molar-refractivity contribution in [3.8, 4) is 0 Å². The van der Waals surface area contributed by atoms with Crippen LogP contribution in [-0.2, 0) is 0 Å². The Kier molecular flexibility index (Phi) is 2.58. The van der Waals surface area contributed by atoms with E-state index in [4.69, 9.17) is 56.4 Å². The van der Waals surface area contributed by atoms with Gasteiger partial charge in [0.25, 0.3) is 0 Å². The van der Waals surface area contributed by atoms with E-state index in [0.29, 0.717) is 6.42 Å². The average Bonchev–Trinajstić information content (AvgIpc) is 2.05. The fraction of sp³-hybridized carbons (Fsp3) is 0.500. The molecule has 1 rings (SSSR count). The first-order valence-corrected chi connectivity index (χ1v) is 8.35. The second kappa shape index (κ2) is 2.72. The highest BCUT2D eigenvalue weighted by molar-refractivity contribution is 7.66. The van der Waals surface area contributed by atoms with E-state index < -0.39 is 10.3 Å². The van der Waals surface area contributed by atoms with Crippen LogP contribution in [0.15, 0.2) is 11.3 Å². The Balaban J connectivity index is 2.62. The summed E-state index contributed by atoms with van der Waals surface area (Å²) in [4.78, 5) is 0. The summed E-state index contributed by atoms with van der Waals surface area (Å²) >= 11 is 28.0. The van der Waals surface area contributed by atoms with Gasteiger partial charge in [0.1, 0.15) is 4.33 Å². The minimum atomic E-state index is -2.66. The van der Waals surface area contributed by atoms with Gasteiger partial charge >= 0.3 is 6.00 Å². The summed E-state index contributed by atoms with van der Waals surface area (Å²) in [6.45, 7) is 0. The van der Waals surface area contributed by atoms with Crippen molar-refractivity contribution in [3.05, 3.63) is 11.3 Å². The number of alkyl halides is 2. The Morgan fingerprint density at radius 1 is 1.30 bits per heavy atom. The summed E-state index contributed by atoms with van der Waals surface area (Å²) < 4.78 is -0.739. The van der Waals surface area contributed by atoms with Gasteiger partial charge in [-0.25, -0.2) is 0 Å². The molecule has 0 heterocycles. The third-order valence-corrected chi connectivity index (χ3v) is 3.51. The lowest BCUT2D eigenvalue weighted by Gasteiger charge is -1.97. The predicted octanol–water partition coefficient (Wildman–Crippen LogP) is 3.68. The van der Waals surface area contributed by atoms with E-state index >= 15 is 0 Å². The second-order valence-corrected chi connectivity index (χ2v) is 12.1. The molecule has 0 aromatic heterocycles. The van der Waals surface area contributed by atoms with Crippen LogP contribution in [0.5, 0.6) is 0 Å². The lowest BCUT2D eigenvalue weighted by molar-refractivity contribution is 1.38. The zero-order valence-electron chi connectivity index (χ0n) is 4.67. The molecule has 0 radical (unpaired) electrons. The van der Waals surface area contributed by atoms with Crippen molar-refractivity contribution < 1.29 is 0 Å². The van der Waals surface area contributed by atoms with Crippen LogP contribution in [0.3, 0.4) is 0 Å². The molecule has 0 aromatic rings. The molecule has 0 amide bonds. The smallest absolute Gasteiger partial charge is 0.121 e. The average molecular weight is 256 g/mol. The van der Waals surface area contributed by atoms with Crippen LogP contribution in [0, 0.1) is 0 Å². The SMILES string of the molecule is ClC1(Cl)C/C1=C\[Si](Cl)(Cl)Cl. The minimum Gasteiger partial charge on any atom is -0.121 e. The first kappa shape index (κ1) is 9.49. The van der Waals surface area contributed by atoms with Crippen LogP contribution in [0.1, 0.15) is 6.42 Å². The van der Waals surface area contributed by atoms with Gasteiger partial charge in [0.2, 0.25) is 0 Å². The molecule has 0 aromatic carbocycles. The topological polar surface area (TPSA) is 0 Å². The first-order valence-electron chi connectivity index (χ1n) is 2.48. The third-order valence-electron chi connectivity index (χ3n) is 1.10. The molecule has 1 fully saturated rings. The Hall–Kier alpha value is 1.41. The number of allylic oxidation sites excluding steroid dienone is 1. The Morgan fingerprint density at radius 3 is 1.80 bits per heavy atom. The lowest BCUT2D eigenvalue weighted by atomic mass is 10.7. The summed E-state index contributed by atoms with van der Waals surface area (Å²) in [5, 5.41) is 0. The van der Waals surface area contributed by atoms with E-state index in [-0.39, 0.29) is 0 Å². The maximum Gasteiger partial charge on any atom is 0.365 e. The molecule has 0 unspecified atom stereocenters. The fourth-order valence-corrected chi connectivity index (χ4v) is 3.06. The third kappa shape index (κ3) is 2.80. The van der Waals surface area contributed by atoms with E-state index in [0.717, 1.165) is 5.57 Å². The molecular weight excluding hydrogens is 253 g/mol. The van der Waals surface area contributed by atoms with E-state index in [9.17, 15) is 0 Å². The standard InChI is InChI=1S/C4H3Cl5Si/c5-4(6)1-3(4)2-10(7,8)9/h2H,1H2/b3-2+. The normalized spacial score (nSPS) is 27.1. The van der Waals surface area contributed by atoms with E-state index in [2.05, 4.69) is 0 Å². The van der Waals surface area contributed by atoms with Crippen LogP contribution in [0.25, 0.3) is 0 Å². The largest absolute Gasteiger partial charge is 0.365 e. The van der Waals surface area contributed by atoms with Crippen molar-refractivity contribution in [2.45, 2.75) is 10.8 Å². The minimum absolute atomic E-state index is 0.622. The highest BCUT2D eigenvalue weighted by Crippen LogP contribution is 2.53. The predicted molar refractivity (Wildman–Crippen MR) is 50.5 cm³/mol. The van der Waals surface area contributed by atoms with E-state index in [1.54, 1.807) is 5.70 Å². The number of hydrogen-bond donors (Lipinski definition) is 0. The van der Waals surface area contributed by atoms with Crippen molar-refractivity contribution in [1.82, 2.24) is 0 Å². The van der Waals surface area contributed by atoms with Crippen LogP contribution < -0.4 is 0 Å².